The molecule has 0 aliphatic carbocycles. The maximum atomic E-state index is 12.4. The number of amides is 1. The molecule has 0 aromatic heterocycles. The zero-order chi connectivity index (χ0) is 16.1. The fourth-order valence-corrected chi connectivity index (χ4v) is 3.14. The number of benzene rings is 2. The molecule has 0 spiro atoms. The summed E-state index contributed by atoms with van der Waals surface area (Å²) in [5.41, 5.74) is 4.02. The van der Waals surface area contributed by atoms with Gasteiger partial charge in [-0.25, -0.2) is 0 Å². The summed E-state index contributed by atoms with van der Waals surface area (Å²) in [7, 11) is 0. The molecule has 1 aliphatic heterocycles. The Hall–Kier alpha value is -2.13. The Labute approximate surface area is 138 Å². The summed E-state index contributed by atoms with van der Waals surface area (Å²) in [5, 5.41) is 3.07. The van der Waals surface area contributed by atoms with E-state index >= 15 is 0 Å². The smallest absolute Gasteiger partial charge is 0.237 e. The van der Waals surface area contributed by atoms with Gasteiger partial charge >= 0.3 is 0 Å². The van der Waals surface area contributed by atoms with E-state index in [0.717, 1.165) is 25.9 Å². The number of hydrogen-bond donors (Lipinski definition) is 1. The zero-order valence-corrected chi connectivity index (χ0v) is 13.7. The van der Waals surface area contributed by atoms with Crippen LogP contribution in [-0.4, -0.2) is 29.9 Å². The average Bonchev–Trinajstić information content (AvgIpc) is 2.61. The Morgan fingerprint density at radius 3 is 2.57 bits per heavy atom. The van der Waals surface area contributed by atoms with Crippen LogP contribution in [0.1, 0.15) is 23.6 Å². The van der Waals surface area contributed by atoms with E-state index in [9.17, 15) is 4.79 Å². The predicted octanol–water partition coefficient (Wildman–Crippen LogP) is 2.79. The van der Waals surface area contributed by atoms with E-state index < -0.39 is 0 Å². The average molecular weight is 308 g/mol. The van der Waals surface area contributed by atoms with Crippen molar-refractivity contribution in [3.05, 3.63) is 71.3 Å². The summed E-state index contributed by atoms with van der Waals surface area (Å²) in [6.07, 6.45) is 1.90. The molecule has 1 aliphatic rings. The van der Waals surface area contributed by atoms with Gasteiger partial charge in [0.1, 0.15) is 0 Å². The second-order valence-corrected chi connectivity index (χ2v) is 6.19. The minimum Gasteiger partial charge on any atom is -0.354 e. The first-order valence-corrected chi connectivity index (χ1v) is 8.36. The summed E-state index contributed by atoms with van der Waals surface area (Å²) in [6.45, 7) is 4.51. The van der Waals surface area contributed by atoms with E-state index in [-0.39, 0.29) is 11.9 Å². The van der Waals surface area contributed by atoms with E-state index in [0.29, 0.717) is 6.54 Å². The Balaban J connectivity index is 1.50. The molecule has 120 valence electrons. The van der Waals surface area contributed by atoms with Crippen LogP contribution in [0.5, 0.6) is 0 Å². The number of fused-ring (bicyclic) bond motifs is 1. The van der Waals surface area contributed by atoms with E-state index in [1.54, 1.807) is 0 Å². The van der Waals surface area contributed by atoms with Crippen LogP contribution in [0.3, 0.4) is 0 Å². The molecule has 3 heteroatoms. The van der Waals surface area contributed by atoms with Gasteiger partial charge in [-0.05, 0) is 36.5 Å². The van der Waals surface area contributed by atoms with Gasteiger partial charge in [-0.1, -0.05) is 54.6 Å². The molecule has 0 saturated carbocycles. The van der Waals surface area contributed by atoms with Crippen LogP contribution in [0.25, 0.3) is 0 Å². The molecule has 1 atom stereocenters. The quantitative estimate of drug-likeness (QED) is 0.921. The first kappa shape index (κ1) is 15.8. The number of carbonyl (C=O) groups excluding carboxylic acids is 1. The van der Waals surface area contributed by atoms with Crippen LogP contribution in [0.4, 0.5) is 0 Å². The molecular formula is C20H24N2O. The Morgan fingerprint density at radius 1 is 1.09 bits per heavy atom. The molecule has 2 aromatic rings. The third kappa shape index (κ3) is 3.99. The molecule has 0 fully saturated rings. The van der Waals surface area contributed by atoms with Crippen LogP contribution >= 0.6 is 0 Å². The maximum absolute atomic E-state index is 12.4. The molecule has 1 amide bonds. The minimum absolute atomic E-state index is 0.0841. The predicted molar refractivity (Wildman–Crippen MR) is 93.2 cm³/mol. The number of nitrogens with one attached hydrogen (secondary N) is 1. The number of hydrogen-bond acceptors (Lipinski definition) is 2. The first-order valence-electron chi connectivity index (χ1n) is 8.36. The summed E-state index contributed by atoms with van der Waals surface area (Å²) < 4.78 is 0. The molecule has 3 rings (SSSR count). The van der Waals surface area contributed by atoms with Gasteiger partial charge < -0.3 is 5.32 Å². The van der Waals surface area contributed by atoms with Crippen LogP contribution in [0, 0.1) is 0 Å². The minimum atomic E-state index is -0.0841. The molecule has 0 unspecified atom stereocenters. The third-order valence-corrected chi connectivity index (χ3v) is 4.64. The topological polar surface area (TPSA) is 32.3 Å². The lowest BCUT2D eigenvalue weighted by molar-refractivity contribution is -0.126. The lowest BCUT2D eigenvalue weighted by Crippen LogP contribution is -2.47. The molecule has 3 nitrogen and oxygen atoms in total. The Kier molecular flexibility index (Phi) is 5.09. The highest BCUT2D eigenvalue weighted by molar-refractivity contribution is 5.81. The van der Waals surface area contributed by atoms with E-state index in [1.807, 2.05) is 25.1 Å². The molecule has 0 saturated heterocycles. The van der Waals surface area contributed by atoms with Crippen molar-refractivity contribution in [3.8, 4) is 0 Å². The van der Waals surface area contributed by atoms with Crippen molar-refractivity contribution in [1.82, 2.24) is 10.2 Å². The van der Waals surface area contributed by atoms with E-state index in [4.69, 9.17) is 0 Å². The first-order chi connectivity index (χ1) is 11.2. The molecule has 0 radical (unpaired) electrons. The lowest BCUT2D eigenvalue weighted by Gasteiger charge is -2.32. The van der Waals surface area contributed by atoms with Crippen molar-refractivity contribution in [2.75, 3.05) is 13.1 Å². The largest absolute Gasteiger partial charge is 0.354 e. The molecule has 0 bridgehead atoms. The van der Waals surface area contributed by atoms with Crippen LogP contribution in [0.2, 0.25) is 0 Å². The molecule has 1 N–H and O–H groups in total. The normalized spacial score (nSPS) is 15.7. The highest BCUT2D eigenvalue weighted by Gasteiger charge is 2.24. The summed E-state index contributed by atoms with van der Waals surface area (Å²) in [6, 6.07) is 18.7. The van der Waals surface area contributed by atoms with Gasteiger partial charge in [0.2, 0.25) is 5.91 Å². The number of carbonyl (C=O) groups is 1. The van der Waals surface area contributed by atoms with Crippen molar-refractivity contribution in [2.24, 2.45) is 0 Å². The second kappa shape index (κ2) is 7.42. The van der Waals surface area contributed by atoms with Crippen LogP contribution in [0.15, 0.2) is 54.6 Å². The van der Waals surface area contributed by atoms with Gasteiger partial charge in [0, 0.05) is 19.6 Å². The third-order valence-electron chi connectivity index (χ3n) is 4.64. The van der Waals surface area contributed by atoms with Crippen molar-refractivity contribution in [2.45, 2.75) is 32.4 Å². The monoisotopic (exact) mass is 308 g/mol. The lowest BCUT2D eigenvalue weighted by atomic mass is 9.99. The van der Waals surface area contributed by atoms with Gasteiger partial charge in [-0.3, -0.25) is 9.69 Å². The fraction of sp³-hybridized carbons (Fsp3) is 0.350. The number of rotatable bonds is 5. The summed E-state index contributed by atoms with van der Waals surface area (Å²) in [4.78, 5) is 14.7. The van der Waals surface area contributed by atoms with Crippen LogP contribution in [-0.2, 0) is 24.2 Å². The summed E-state index contributed by atoms with van der Waals surface area (Å²) in [5.74, 6) is 0.125. The van der Waals surface area contributed by atoms with Gasteiger partial charge in [0.15, 0.2) is 0 Å². The standard InChI is InChI=1S/C20H24N2O/c1-16(20(23)21-13-11-17-7-3-2-4-8-17)22-14-12-18-9-5-6-10-19(18)15-22/h2-10,16H,11-15H2,1H3,(H,21,23)/t16-/m0/s1. The van der Waals surface area contributed by atoms with Crippen molar-refractivity contribution in [3.63, 3.8) is 0 Å². The van der Waals surface area contributed by atoms with Gasteiger partial charge in [-0.15, -0.1) is 0 Å². The van der Waals surface area contributed by atoms with Crippen molar-refractivity contribution >= 4 is 5.91 Å². The van der Waals surface area contributed by atoms with Crippen LogP contribution < -0.4 is 5.32 Å². The molecule has 23 heavy (non-hydrogen) atoms. The Bertz CT molecular complexity index is 654. The maximum Gasteiger partial charge on any atom is 0.237 e. The SMILES string of the molecule is C[C@@H](C(=O)NCCc1ccccc1)N1CCc2ccccc2C1. The van der Waals surface area contributed by atoms with E-state index in [1.165, 1.54) is 16.7 Å². The molecular weight excluding hydrogens is 284 g/mol. The van der Waals surface area contributed by atoms with Gasteiger partial charge in [-0.2, -0.15) is 0 Å². The van der Waals surface area contributed by atoms with Crippen molar-refractivity contribution in [1.29, 1.82) is 0 Å². The molecule has 1 heterocycles. The van der Waals surface area contributed by atoms with Crippen molar-refractivity contribution < 1.29 is 4.79 Å². The van der Waals surface area contributed by atoms with E-state index in [2.05, 4.69) is 46.6 Å². The molecule has 2 aromatic carbocycles. The van der Waals surface area contributed by atoms with Gasteiger partial charge in [0.05, 0.1) is 6.04 Å². The fourth-order valence-electron chi connectivity index (χ4n) is 3.14. The highest BCUT2D eigenvalue weighted by Crippen LogP contribution is 2.20. The zero-order valence-electron chi connectivity index (χ0n) is 13.7. The Morgan fingerprint density at radius 2 is 1.78 bits per heavy atom. The second-order valence-electron chi connectivity index (χ2n) is 6.19. The summed E-state index contributed by atoms with van der Waals surface area (Å²) >= 11 is 0. The van der Waals surface area contributed by atoms with Gasteiger partial charge in [0.25, 0.3) is 0 Å². The highest BCUT2D eigenvalue weighted by atomic mass is 16.2. The number of nitrogens with zero attached hydrogens (tertiary/aromatic N) is 1.